The Morgan fingerprint density at radius 3 is 2.62 bits per heavy atom. The lowest BCUT2D eigenvalue weighted by Crippen LogP contribution is -2.34. The van der Waals surface area contributed by atoms with Gasteiger partial charge in [0, 0.05) is 5.92 Å². The number of methoxy groups -OCH3 is 1. The molecule has 0 bridgehead atoms. The lowest BCUT2D eigenvalue weighted by atomic mass is 10.1. The zero-order valence-electron chi connectivity index (χ0n) is 8.00. The van der Waals surface area contributed by atoms with E-state index in [0.29, 0.717) is 5.92 Å². The molecule has 1 aliphatic carbocycles. The Kier molecular flexibility index (Phi) is 3.28. The number of hydrogen-bond acceptors (Lipinski definition) is 3. The molecule has 74 valence electrons. The van der Waals surface area contributed by atoms with Crippen LogP contribution < -0.4 is 5.32 Å². The van der Waals surface area contributed by atoms with Crippen LogP contribution in [0.5, 0.6) is 0 Å². The van der Waals surface area contributed by atoms with Gasteiger partial charge in [-0.25, -0.2) is 0 Å². The van der Waals surface area contributed by atoms with Gasteiger partial charge in [0.15, 0.2) is 0 Å². The minimum Gasteiger partial charge on any atom is -0.468 e. The fourth-order valence-corrected chi connectivity index (χ4v) is 1.20. The Morgan fingerprint density at radius 2 is 2.15 bits per heavy atom. The van der Waals surface area contributed by atoms with Crippen molar-refractivity contribution in [2.75, 3.05) is 13.7 Å². The predicted molar refractivity (Wildman–Crippen MR) is 46.9 cm³/mol. The van der Waals surface area contributed by atoms with Crippen LogP contribution in [0.2, 0.25) is 0 Å². The number of ether oxygens (including phenoxy) is 1. The van der Waals surface area contributed by atoms with Gasteiger partial charge in [-0.15, -0.1) is 0 Å². The Bertz CT molecular complexity index is 211. The molecule has 1 amide bonds. The first-order chi connectivity index (χ1) is 6.15. The molecule has 1 unspecified atom stereocenters. The molecule has 4 nitrogen and oxygen atoms in total. The minimum atomic E-state index is -0.406. The minimum absolute atomic E-state index is 0.0214. The molecule has 0 aromatic carbocycles. The molecular formula is C9H15NO3. The summed E-state index contributed by atoms with van der Waals surface area (Å²) in [6.45, 7) is 1.87. The van der Waals surface area contributed by atoms with Gasteiger partial charge in [-0.1, -0.05) is 6.92 Å². The second kappa shape index (κ2) is 4.25. The number of carbonyl (C=O) groups excluding carboxylic acids is 2. The van der Waals surface area contributed by atoms with Crippen molar-refractivity contribution < 1.29 is 14.3 Å². The van der Waals surface area contributed by atoms with E-state index in [4.69, 9.17) is 0 Å². The van der Waals surface area contributed by atoms with Crippen LogP contribution in [0.1, 0.15) is 19.8 Å². The van der Waals surface area contributed by atoms with E-state index >= 15 is 0 Å². The van der Waals surface area contributed by atoms with Crippen LogP contribution >= 0.6 is 0 Å². The van der Waals surface area contributed by atoms with E-state index in [1.165, 1.54) is 7.11 Å². The molecule has 1 fully saturated rings. The smallest absolute Gasteiger partial charge is 0.325 e. The lowest BCUT2D eigenvalue weighted by Gasteiger charge is -2.09. The normalized spacial score (nSPS) is 17.7. The van der Waals surface area contributed by atoms with Crippen LogP contribution in [-0.2, 0) is 14.3 Å². The van der Waals surface area contributed by atoms with Crippen molar-refractivity contribution in [3.63, 3.8) is 0 Å². The molecule has 4 heteroatoms. The molecule has 1 aliphatic rings. The summed E-state index contributed by atoms with van der Waals surface area (Å²) in [5, 5.41) is 2.54. The highest BCUT2D eigenvalue weighted by Crippen LogP contribution is 2.36. The second-order valence-corrected chi connectivity index (χ2v) is 3.42. The Hall–Kier alpha value is -1.06. The third-order valence-corrected chi connectivity index (χ3v) is 2.38. The fourth-order valence-electron chi connectivity index (χ4n) is 1.20. The molecule has 0 heterocycles. The monoisotopic (exact) mass is 185 g/mol. The summed E-state index contributed by atoms with van der Waals surface area (Å²) < 4.78 is 4.40. The van der Waals surface area contributed by atoms with E-state index in [9.17, 15) is 9.59 Å². The average molecular weight is 185 g/mol. The van der Waals surface area contributed by atoms with E-state index in [2.05, 4.69) is 10.1 Å². The third kappa shape index (κ3) is 3.05. The van der Waals surface area contributed by atoms with Crippen molar-refractivity contribution in [1.82, 2.24) is 5.32 Å². The summed E-state index contributed by atoms with van der Waals surface area (Å²) >= 11 is 0. The number of amides is 1. The molecule has 1 saturated carbocycles. The maximum absolute atomic E-state index is 11.3. The van der Waals surface area contributed by atoms with Crippen molar-refractivity contribution in [3.05, 3.63) is 0 Å². The highest BCUT2D eigenvalue weighted by atomic mass is 16.5. The van der Waals surface area contributed by atoms with Gasteiger partial charge in [0.2, 0.25) is 5.91 Å². The number of nitrogens with one attached hydrogen (secondary N) is 1. The highest BCUT2D eigenvalue weighted by Gasteiger charge is 2.32. The highest BCUT2D eigenvalue weighted by molar-refractivity contribution is 5.83. The Morgan fingerprint density at radius 1 is 1.54 bits per heavy atom. The van der Waals surface area contributed by atoms with Crippen LogP contribution in [0.3, 0.4) is 0 Å². The fraction of sp³-hybridized carbons (Fsp3) is 0.778. The van der Waals surface area contributed by atoms with Crippen molar-refractivity contribution in [2.45, 2.75) is 19.8 Å². The first-order valence-electron chi connectivity index (χ1n) is 4.49. The maximum Gasteiger partial charge on any atom is 0.325 e. The molecule has 0 aromatic heterocycles. The molecule has 0 saturated heterocycles. The van der Waals surface area contributed by atoms with Gasteiger partial charge in [0.05, 0.1) is 7.11 Å². The van der Waals surface area contributed by atoms with Crippen molar-refractivity contribution in [1.29, 1.82) is 0 Å². The number of carbonyl (C=O) groups is 2. The molecule has 0 aromatic rings. The molecule has 0 radical (unpaired) electrons. The standard InChI is InChI=1S/C9H15NO3/c1-6(7-3-4-7)9(12)10-5-8(11)13-2/h6-7H,3-5H2,1-2H3,(H,10,12). The van der Waals surface area contributed by atoms with Crippen molar-refractivity contribution >= 4 is 11.9 Å². The van der Waals surface area contributed by atoms with Gasteiger partial charge in [-0.3, -0.25) is 9.59 Å². The number of esters is 1. The van der Waals surface area contributed by atoms with E-state index < -0.39 is 5.97 Å². The van der Waals surface area contributed by atoms with Gasteiger partial charge < -0.3 is 10.1 Å². The van der Waals surface area contributed by atoms with Gasteiger partial charge in [0.25, 0.3) is 0 Å². The van der Waals surface area contributed by atoms with E-state index in [0.717, 1.165) is 12.8 Å². The maximum atomic E-state index is 11.3. The van der Waals surface area contributed by atoms with Crippen LogP contribution in [0.25, 0.3) is 0 Å². The molecule has 0 aliphatic heterocycles. The van der Waals surface area contributed by atoms with Gasteiger partial charge in [-0.05, 0) is 18.8 Å². The summed E-state index contributed by atoms with van der Waals surface area (Å²) in [7, 11) is 1.30. The summed E-state index contributed by atoms with van der Waals surface area (Å²) in [5.41, 5.74) is 0. The average Bonchev–Trinajstić information content (AvgIpc) is 2.95. The topological polar surface area (TPSA) is 55.4 Å². The summed E-state index contributed by atoms with van der Waals surface area (Å²) in [4.78, 5) is 22.0. The lowest BCUT2D eigenvalue weighted by molar-refractivity contribution is -0.141. The summed E-state index contributed by atoms with van der Waals surface area (Å²) in [6, 6.07) is 0. The first kappa shape index (κ1) is 10.0. The third-order valence-electron chi connectivity index (χ3n) is 2.38. The zero-order valence-corrected chi connectivity index (χ0v) is 8.00. The number of rotatable bonds is 4. The summed E-state index contributed by atoms with van der Waals surface area (Å²) in [5.74, 6) is 0.103. The molecular weight excluding hydrogens is 170 g/mol. The van der Waals surface area contributed by atoms with Gasteiger partial charge in [-0.2, -0.15) is 0 Å². The van der Waals surface area contributed by atoms with Crippen LogP contribution in [0.15, 0.2) is 0 Å². The van der Waals surface area contributed by atoms with Crippen molar-refractivity contribution in [2.24, 2.45) is 11.8 Å². The molecule has 1 rings (SSSR count). The Labute approximate surface area is 77.6 Å². The van der Waals surface area contributed by atoms with E-state index in [1.54, 1.807) is 0 Å². The molecule has 13 heavy (non-hydrogen) atoms. The summed E-state index contributed by atoms with van der Waals surface area (Å²) in [6.07, 6.45) is 2.26. The van der Waals surface area contributed by atoms with Crippen molar-refractivity contribution in [3.8, 4) is 0 Å². The first-order valence-corrected chi connectivity index (χ1v) is 4.49. The van der Waals surface area contributed by atoms with Gasteiger partial charge in [0.1, 0.15) is 6.54 Å². The second-order valence-electron chi connectivity index (χ2n) is 3.42. The molecule has 0 spiro atoms. The van der Waals surface area contributed by atoms with E-state index in [-0.39, 0.29) is 18.4 Å². The predicted octanol–water partition coefficient (Wildman–Crippen LogP) is 0.322. The van der Waals surface area contributed by atoms with E-state index in [1.807, 2.05) is 6.92 Å². The largest absolute Gasteiger partial charge is 0.468 e. The quantitative estimate of drug-likeness (QED) is 0.642. The van der Waals surface area contributed by atoms with Crippen LogP contribution in [-0.4, -0.2) is 25.5 Å². The van der Waals surface area contributed by atoms with Gasteiger partial charge >= 0.3 is 5.97 Å². The van der Waals surface area contributed by atoms with Crippen LogP contribution in [0.4, 0.5) is 0 Å². The SMILES string of the molecule is COC(=O)CNC(=O)C(C)C1CC1. The van der Waals surface area contributed by atoms with Crippen LogP contribution in [0, 0.1) is 11.8 Å². The molecule has 1 N–H and O–H groups in total. The molecule has 1 atom stereocenters. The zero-order chi connectivity index (χ0) is 9.84. The Balaban J connectivity index is 2.20. The number of hydrogen-bond donors (Lipinski definition) is 1.